The first kappa shape index (κ1) is 21.5. The molecule has 160 valence electrons. The predicted molar refractivity (Wildman–Crippen MR) is 125 cm³/mol. The molecular weight excluding hydrogens is 430 g/mol. The molecule has 0 radical (unpaired) electrons. The number of carbonyl (C=O) groups is 1. The number of amides is 1. The van der Waals surface area contributed by atoms with E-state index in [1.165, 1.54) is 11.8 Å². The molecule has 1 amide bonds. The van der Waals surface area contributed by atoms with Gasteiger partial charge in [0.15, 0.2) is 9.84 Å². The summed E-state index contributed by atoms with van der Waals surface area (Å²) >= 11 is 1.47. The number of hydrogen-bond donors (Lipinski definition) is 1. The van der Waals surface area contributed by atoms with Gasteiger partial charge in [0.25, 0.3) is 5.91 Å². The number of rotatable bonds is 7. The zero-order valence-electron chi connectivity index (χ0n) is 16.9. The molecule has 3 aromatic carbocycles. The summed E-state index contributed by atoms with van der Waals surface area (Å²) in [6.45, 7) is 0.480. The van der Waals surface area contributed by atoms with Crippen LogP contribution in [-0.4, -0.2) is 31.1 Å². The molecule has 0 saturated carbocycles. The molecule has 1 heterocycles. The largest absolute Gasteiger partial charge is 0.489 e. The second-order valence-corrected chi connectivity index (χ2v) is 11.0. The van der Waals surface area contributed by atoms with Crippen LogP contribution in [0.25, 0.3) is 0 Å². The molecule has 3 aromatic rings. The lowest BCUT2D eigenvalue weighted by atomic mass is 10.2. The highest BCUT2D eigenvalue weighted by Gasteiger charge is 2.29. The number of nitrogens with one attached hydrogen (secondary N) is 1. The summed E-state index contributed by atoms with van der Waals surface area (Å²) in [4.78, 5) is 13.7. The number of hydrogen-bond acceptors (Lipinski definition) is 5. The van der Waals surface area contributed by atoms with Crippen molar-refractivity contribution in [2.45, 2.75) is 23.2 Å². The van der Waals surface area contributed by atoms with Crippen LogP contribution >= 0.6 is 11.8 Å². The van der Waals surface area contributed by atoms with Crippen LogP contribution in [0.2, 0.25) is 0 Å². The van der Waals surface area contributed by atoms with E-state index in [0.717, 1.165) is 16.2 Å². The number of carbonyl (C=O) groups excluding carboxylic acids is 1. The molecular formula is C24H23NO4S2. The van der Waals surface area contributed by atoms with Crippen LogP contribution < -0.4 is 10.1 Å². The van der Waals surface area contributed by atoms with Crippen LogP contribution in [0.1, 0.15) is 22.3 Å². The maximum atomic E-state index is 12.9. The van der Waals surface area contributed by atoms with Gasteiger partial charge >= 0.3 is 0 Å². The summed E-state index contributed by atoms with van der Waals surface area (Å²) in [6, 6.07) is 24.5. The maximum absolute atomic E-state index is 12.9. The Kier molecular flexibility index (Phi) is 6.63. The fraction of sp³-hybridized carbons (Fsp3) is 0.208. The van der Waals surface area contributed by atoms with Crippen molar-refractivity contribution in [3.63, 3.8) is 0 Å². The van der Waals surface area contributed by atoms with Gasteiger partial charge in [0.05, 0.1) is 17.1 Å². The third-order valence-corrected chi connectivity index (χ3v) is 8.30. The number of ether oxygens (including phenoxy) is 1. The molecule has 1 N–H and O–H groups in total. The molecule has 1 atom stereocenters. The Balaban J connectivity index is 1.38. The minimum atomic E-state index is -2.96. The van der Waals surface area contributed by atoms with Crippen molar-refractivity contribution >= 4 is 33.2 Å². The Hall–Kier alpha value is -2.77. The second kappa shape index (κ2) is 9.58. The van der Waals surface area contributed by atoms with Crippen LogP contribution in [0.5, 0.6) is 5.75 Å². The summed E-state index contributed by atoms with van der Waals surface area (Å²) < 4.78 is 29.3. The van der Waals surface area contributed by atoms with E-state index in [0.29, 0.717) is 24.3 Å². The van der Waals surface area contributed by atoms with Crippen LogP contribution in [0.4, 0.5) is 5.69 Å². The van der Waals surface area contributed by atoms with E-state index in [9.17, 15) is 13.2 Å². The lowest BCUT2D eigenvalue weighted by Crippen LogP contribution is -2.14. The first-order chi connectivity index (χ1) is 15.0. The van der Waals surface area contributed by atoms with Crippen molar-refractivity contribution < 1.29 is 17.9 Å². The highest BCUT2D eigenvalue weighted by molar-refractivity contribution is 8.02. The van der Waals surface area contributed by atoms with E-state index in [-0.39, 0.29) is 22.7 Å². The fourth-order valence-electron chi connectivity index (χ4n) is 3.36. The predicted octanol–water partition coefficient (Wildman–Crippen LogP) is 4.80. The molecule has 1 aliphatic heterocycles. The van der Waals surface area contributed by atoms with Gasteiger partial charge in [-0.3, -0.25) is 4.79 Å². The van der Waals surface area contributed by atoms with Gasteiger partial charge in [0, 0.05) is 15.8 Å². The van der Waals surface area contributed by atoms with E-state index in [1.807, 2.05) is 60.7 Å². The average molecular weight is 454 g/mol. The van der Waals surface area contributed by atoms with E-state index >= 15 is 0 Å². The van der Waals surface area contributed by atoms with Crippen molar-refractivity contribution in [2.24, 2.45) is 0 Å². The zero-order chi connectivity index (χ0) is 21.7. The summed E-state index contributed by atoms with van der Waals surface area (Å²) in [5.41, 5.74) is 2.30. The maximum Gasteiger partial charge on any atom is 0.256 e. The molecule has 1 saturated heterocycles. The molecule has 1 unspecified atom stereocenters. The fourth-order valence-corrected chi connectivity index (χ4v) is 6.99. The standard InChI is InChI=1S/C24H23NO4S2/c26-24(22-8-4-5-9-23(22)30-21-14-15-31(27,28)17-21)25-19-10-12-20(13-11-19)29-16-18-6-2-1-3-7-18/h1-13,21H,14-17H2,(H,25,26). The summed E-state index contributed by atoms with van der Waals surface area (Å²) in [5.74, 6) is 0.887. The van der Waals surface area contributed by atoms with Gasteiger partial charge in [-0.05, 0) is 48.4 Å². The van der Waals surface area contributed by atoms with Gasteiger partial charge in [-0.15, -0.1) is 11.8 Å². The molecule has 0 aromatic heterocycles. The van der Waals surface area contributed by atoms with Gasteiger partial charge in [-0.1, -0.05) is 42.5 Å². The molecule has 31 heavy (non-hydrogen) atoms. The van der Waals surface area contributed by atoms with Crippen LogP contribution in [0.3, 0.4) is 0 Å². The van der Waals surface area contributed by atoms with Crippen molar-refractivity contribution in [1.82, 2.24) is 0 Å². The summed E-state index contributed by atoms with van der Waals surface area (Å²) in [7, 11) is -2.96. The zero-order valence-corrected chi connectivity index (χ0v) is 18.5. The number of sulfone groups is 1. The molecule has 0 aliphatic carbocycles. The molecule has 0 spiro atoms. The molecule has 7 heteroatoms. The highest BCUT2D eigenvalue weighted by atomic mass is 32.2. The summed E-state index contributed by atoms with van der Waals surface area (Å²) in [5, 5.41) is 2.90. The third-order valence-electron chi connectivity index (χ3n) is 4.98. The van der Waals surface area contributed by atoms with E-state index in [4.69, 9.17) is 4.74 Å². The molecule has 5 nitrogen and oxygen atoms in total. The van der Waals surface area contributed by atoms with Gasteiger partial charge in [-0.25, -0.2) is 8.42 Å². The molecule has 1 fully saturated rings. The second-order valence-electron chi connectivity index (χ2n) is 7.39. The number of benzene rings is 3. The quantitative estimate of drug-likeness (QED) is 0.556. The van der Waals surface area contributed by atoms with Crippen LogP contribution in [0, 0.1) is 0 Å². The van der Waals surface area contributed by atoms with Gasteiger partial charge in [-0.2, -0.15) is 0 Å². The minimum absolute atomic E-state index is 0.0139. The Morgan fingerprint density at radius 2 is 1.68 bits per heavy atom. The van der Waals surface area contributed by atoms with Gasteiger partial charge in [0.2, 0.25) is 0 Å². The van der Waals surface area contributed by atoms with Gasteiger partial charge < -0.3 is 10.1 Å². The SMILES string of the molecule is O=C(Nc1ccc(OCc2ccccc2)cc1)c1ccccc1SC1CCS(=O)(=O)C1. The van der Waals surface area contributed by atoms with Gasteiger partial charge in [0.1, 0.15) is 12.4 Å². The highest BCUT2D eigenvalue weighted by Crippen LogP contribution is 2.33. The Morgan fingerprint density at radius 1 is 0.968 bits per heavy atom. The first-order valence-electron chi connectivity index (χ1n) is 10.0. The van der Waals surface area contributed by atoms with Crippen molar-refractivity contribution in [3.8, 4) is 5.75 Å². The molecule has 1 aliphatic rings. The lowest BCUT2D eigenvalue weighted by molar-refractivity contribution is 0.102. The number of thioether (sulfide) groups is 1. The molecule has 4 rings (SSSR count). The van der Waals surface area contributed by atoms with E-state index in [2.05, 4.69) is 5.32 Å². The average Bonchev–Trinajstić information content (AvgIpc) is 3.12. The van der Waals surface area contributed by atoms with Crippen molar-refractivity contribution in [3.05, 3.63) is 90.0 Å². The normalized spacial score (nSPS) is 17.2. The smallest absolute Gasteiger partial charge is 0.256 e. The Bertz CT molecular complexity index is 1150. The third kappa shape index (κ3) is 5.89. The topological polar surface area (TPSA) is 72.5 Å². The van der Waals surface area contributed by atoms with Crippen molar-refractivity contribution in [1.29, 1.82) is 0 Å². The number of anilines is 1. The van der Waals surface area contributed by atoms with Crippen LogP contribution in [-0.2, 0) is 16.4 Å². The molecule has 0 bridgehead atoms. The van der Waals surface area contributed by atoms with E-state index < -0.39 is 9.84 Å². The first-order valence-corrected chi connectivity index (χ1v) is 12.7. The minimum Gasteiger partial charge on any atom is -0.489 e. The Labute approximate surface area is 186 Å². The Morgan fingerprint density at radius 3 is 2.39 bits per heavy atom. The monoisotopic (exact) mass is 453 g/mol. The van der Waals surface area contributed by atoms with Crippen LogP contribution in [0.15, 0.2) is 83.8 Å². The van der Waals surface area contributed by atoms with Crippen molar-refractivity contribution in [2.75, 3.05) is 16.8 Å². The summed E-state index contributed by atoms with van der Waals surface area (Å²) in [6.07, 6.45) is 0.618. The van der Waals surface area contributed by atoms with E-state index in [1.54, 1.807) is 18.2 Å². The lowest BCUT2D eigenvalue weighted by Gasteiger charge is -2.13.